The van der Waals surface area contributed by atoms with Gasteiger partial charge >= 0.3 is 0 Å². The first kappa shape index (κ1) is 13.1. The lowest BCUT2D eigenvalue weighted by Gasteiger charge is -2.21. The molecule has 0 atom stereocenters. The maximum absolute atomic E-state index is 3.54. The van der Waals surface area contributed by atoms with E-state index in [1.807, 2.05) is 11.3 Å². The molecule has 1 heterocycles. The van der Waals surface area contributed by atoms with Crippen LogP contribution in [0.4, 0.5) is 0 Å². The minimum Gasteiger partial charge on any atom is -0.311 e. The van der Waals surface area contributed by atoms with Gasteiger partial charge in [-0.3, -0.25) is 0 Å². The summed E-state index contributed by atoms with van der Waals surface area (Å²) < 4.78 is 0. The van der Waals surface area contributed by atoms with Crippen molar-refractivity contribution in [3.8, 4) is 0 Å². The fraction of sp³-hybridized carbons (Fsp3) is 0.714. The van der Waals surface area contributed by atoms with E-state index in [0.29, 0.717) is 0 Å². The standard InChI is InChI=1S/C14H24N2S/c1-2-8-16(12-13-5-6-13)9-7-15-11-14-4-3-10-17-14/h3-4,10,13,15H,2,5-9,11-12H2,1H3. The normalized spacial score (nSPS) is 15.6. The van der Waals surface area contributed by atoms with Crippen LogP contribution in [0.25, 0.3) is 0 Å². The Bertz CT molecular complexity index is 293. The molecule has 1 N–H and O–H groups in total. The molecule has 1 aliphatic rings. The summed E-state index contributed by atoms with van der Waals surface area (Å²) in [5, 5.41) is 5.69. The van der Waals surface area contributed by atoms with Gasteiger partial charge in [0, 0.05) is 31.1 Å². The predicted octanol–water partition coefficient (Wildman–Crippen LogP) is 2.96. The maximum Gasteiger partial charge on any atom is 0.0300 e. The molecule has 1 aromatic rings. The van der Waals surface area contributed by atoms with Gasteiger partial charge in [-0.25, -0.2) is 0 Å². The average molecular weight is 252 g/mol. The molecular weight excluding hydrogens is 228 g/mol. The molecule has 1 aromatic heterocycles. The van der Waals surface area contributed by atoms with Crippen LogP contribution in [-0.4, -0.2) is 31.1 Å². The maximum atomic E-state index is 3.54. The SMILES string of the molecule is CCCN(CCNCc1cccs1)CC1CC1. The zero-order valence-corrected chi connectivity index (χ0v) is 11.6. The van der Waals surface area contributed by atoms with Gasteiger partial charge in [-0.15, -0.1) is 11.3 Å². The van der Waals surface area contributed by atoms with Crippen LogP contribution >= 0.6 is 11.3 Å². The highest BCUT2D eigenvalue weighted by atomic mass is 32.1. The summed E-state index contributed by atoms with van der Waals surface area (Å²) in [6.45, 7) is 8.21. The van der Waals surface area contributed by atoms with Crippen molar-refractivity contribution >= 4 is 11.3 Å². The topological polar surface area (TPSA) is 15.3 Å². The van der Waals surface area contributed by atoms with Crippen LogP contribution in [0.3, 0.4) is 0 Å². The highest BCUT2D eigenvalue weighted by Gasteiger charge is 2.23. The molecule has 0 aliphatic heterocycles. The van der Waals surface area contributed by atoms with Crippen LogP contribution in [0.1, 0.15) is 31.1 Å². The predicted molar refractivity (Wildman–Crippen MR) is 75.5 cm³/mol. The summed E-state index contributed by atoms with van der Waals surface area (Å²) in [6, 6.07) is 4.32. The van der Waals surface area contributed by atoms with E-state index in [0.717, 1.165) is 19.0 Å². The number of nitrogens with zero attached hydrogens (tertiary/aromatic N) is 1. The van der Waals surface area contributed by atoms with E-state index in [2.05, 4.69) is 34.7 Å². The third-order valence-electron chi connectivity index (χ3n) is 3.24. The van der Waals surface area contributed by atoms with Gasteiger partial charge in [-0.1, -0.05) is 13.0 Å². The Kier molecular flexibility index (Phi) is 5.49. The molecular formula is C14H24N2S. The molecule has 0 unspecified atom stereocenters. The zero-order chi connectivity index (χ0) is 11.9. The monoisotopic (exact) mass is 252 g/mol. The van der Waals surface area contributed by atoms with Crippen LogP contribution < -0.4 is 5.32 Å². The minimum atomic E-state index is 1.01. The number of thiophene rings is 1. The molecule has 1 saturated carbocycles. The summed E-state index contributed by atoms with van der Waals surface area (Å²) in [5.41, 5.74) is 0. The second-order valence-electron chi connectivity index (χ2n) is 5.00. The average Bonchev–Trinajstić information content (AvgIpc) is 2.98. The molecule has 1 aliphatic carbocycles. The molecule has 0 amide bonds. The van der Waals surface area contributed by atoms with Gasteiger partial charge in [0.25, 0.3) is 0 Å². The molecule has 3 heteroatoms. The van der Waals surface area contributed by atoms with E-state index in [4.69, 9.17) is 0 Å². The first-order valence-electron chi connectivity index (χ1n) is 6.84. The van der Waals surface area contributed by atoms with Gasteiger partial charge in [0.1, 0.15) is 0 Å². The third-order valence-corrected chi connectivity index (χ3v) is 4.11. The van der Waals surface area contributed by atoms with Gasteiger partial charge in [0.05, 0.1) is 0 Å². The Morgan fingerprint density at radius 1 is 1.41 bits per heavy atom. The van der Waals surface area contributed by atoms with Crippen molar-refractivity contribution in [3.63, 3.8) is 0 Å². The largest absolute Gasteiger partial charge is 0.311 e. The second kappa shape index (κ2) is 7.14. The van der Waals surface area contributed by atoms with E-state index < -0.39 is 0 Å². The summed E-state index contributed by atoms with van der Waals surface area (Å²) in [6.07, 6.45) is 4.20. The molecule has 17 heavy (non-hydrogen) atoms. The molecule has 2 nitrogen and oxygen atoms in total. The number of rotatable bonds is 9. The van der Waals surface area contributed by atoms with Crippen molar-refractivity contribution in [1.29, 1.82) is 0 Å². The van der Waals surface area contributed by atoms with Crippen molar-refractivity contribution in [1.82, 2.24) is 10.2 Å². The summed E-state index contributed by atoms with van der Waals surface area (Å²) in [5.74, 6) is 1.01. The first-order valence-corrected chi connectivity index (χ1v) is 7.72. The highest BCUT2D eigenvalue weighted by Crippen LogP contribution is 2.29. The van der Waals surface area contributed by atoms with Crippen molar-refractivity contribution in [2.45, 2.75) is 32.7 Å². The van der Waals surface area contributed by atoms with Crippen LogP contribution in [0.2, 0.25) is 0 Å². The third kappa shape index (κ3) is 5.19. The minimum absolute atomic E-state index is 1.01. The molecule has 0 aromatic carbocycles. The molecule has 0 saturated heterocycles. The van der Waals surface area contributed by atoms with Gasteiger partial charge < -0.3 is 10.2 Å². The smallest absolute Gasteiger partial charge is 0.0300 e. The summed E-state index contributed by atoms with van der Waals surface area (Å²) >= 11 is 1.84. The first-order chi connectivity index (χ1) is 8.38. The second-order valence-corrected chi connectivity index (χ2v) is 6.03. The van der Waals surface area contributed by atoms with Crippen molar-refractivity contribution < 1.29 is 0 Å². The lowest BCUT2D eigenvalue weighted by atomic mass is 10.3. The van der Waals surface area contributed by atoms with Crippen molar-refractivity contribution in [2.24, 2.45) is 5.92 Å². The van der Waals surface area contributed by atoms with Crippen LogP contribution in [-0.2, 0) is 6.54 Å². The Labute approximate surface area is 109 Å². The number of nitrogens with one attached hydrogen (secondary N) is 1. The molecule has 96 valence electrons. The Hall–Kier alpha value is -0.380. The van der Waals surface area contributed by atoms with E-state index in [9.17, 15) is 0 Å². The molecule has 0 radical (unpaired) electrons. The van der Waals surface area contributed by atoms with E-state index in [1.165, 1.54) is 43.8 Å². The van der Waals surface area contributed by atoms with Gasteiger partial charge in [0.15, 0.2) is 0 Å². The Morgan fingerprint density at radius 2 is 2.29 bits per heavy atom. The van der Waals surface area contributed by atoms with E-state index in [1.54, 1.807) is 0 Å². The fourth-order valence-electron chi connectivity index (χ4n) is 2.14. The Morgan fingerprint density at radius 3 is 2.94 bits per heavy atom. The van der Waals surface area contributed by atoms with Gasteiger partial charge in [-0.2, -0.15) is 0 Å². The van der Waals surface area contributed by atoms with Gasteiger partial charge in [-0.05, 0) is 43.2 Å². The number of hydrogen-bond donors (Lipinski definition) is 1. The van der Waals surface area contributed by atoms with Crippen LogP contribution in [0, 0.1) is 5.92 Å². The quantitative estimate of drug-likeness (QED) is 0.680. The molecule has 0 spiro atoms. The summed E-state index contributed by atoms with van der Waals surface area (Å²) in [4.78, 5) is 4.06. The van der Waals surface area contributed by atoms with Crippen molar-refractivity contribution in [2.75, 3.05) is 26.2 Å². The van der Waals surface area contributed by atoms with E-state index >= 15 is 0 Å². The van der Waals surface area contributed by atoms with Gasteiger partial charge in [0.2, 0.25) is 0 Å². The van der Waals surface area contributed by atoms with Crippen LogP contribution in [0.15, 0.2) is 17.5 Å². The lowest BCUT2D eigenvalue weighted by molar-refractivity contribution is 0.263. The zero-order valence-electron chi connectivity index (χ0n) is 10.8. The number of hydrogen-bond acceptors (Lipinski definition) is 3. The van der Waals surface area contributed by atoms with Crippen molar-refractivity contribution in [3.05, 3.63) is 22.4 Å². The van der Waals surface area contributed by atoms with Crippen LogP contribution in [0.5, 0.6) is 0 Å². The lowest BCUT2D eigenvalue weighted by Crippen LogP contribution is -2.34. The Balaban J connectivity index is 1.57. The molecule has 0 bridgehead atoms. The molecule has 1 fully saturated rings. The summed E-state index contributed by atoms with van der Waals surface area (Å²) in [7, 11) is 0. The highest BCUT2D eigenvalue weighted by molar-refractivity contribution is 7.09. The fourth-order valence-corrected chi connectivity index (χ4v) is 2.81. The van der Waals surface area contributed by atoms with E-state index in [-0.39, 0.29) is 0 Å². The molecule has 2 rings (SSSR count).